The molecule has 1 unspecified atom stereocenters. The van der Waals surface area contributed by atoms with Crippen molar-refractivity contribution in [3.63, 3.8) is 0 Å². The molecule has 0 aromatic heterocycles. The summed E-state index contributed by atoms with van der Waals surface area (Å²) in [5.41, 5.74) is 1.43. The van der Waals surface area contributed by atoms with Crippen LogP contribution in [0.4, 0.5) is 5.69 Å². The van der Waals surface area contributed by atoms with Gasteiger partial charge in [0.15, 0.2) is 0 Å². The normalized spacial score (nSPS) is 21.3. The first-order valence-corrected chi connectivity index (χ1v) is 9.16. The lowest BCUT2D eigenvalue weighted by Crippen LogP contribution is -2.42. The van der Waals surface area contributed by atoms with Crippen molar-refractivity contribution in [2.75, 3.05) is 37.8 Å². The molecule has 1 atom stereocenters. The van der Waals surface area contributed by atoms with Gasteiger partial charge in [-0.05, 0) is 50.6 Å². The molecule has 0 aliphatic carbocycles. The van der Waals surface area contributed by atoms with Crippen LogP contribution in [0, 0.1) is 5.92 Å². The summed E-state index contributed by atoms with van der Waals surface area (Å²) in [6.45, 7) is 2.57. The highest BCUT2D eigenvalue weighted by molar-refractivity contribution is 7.99. The molecule has 0 radical (unpaired) electrons. The Hall–Kier alpha value is -1.53. The minimum atomic E-state index is 0.0212. The molecule has 124 valence electrons. The second-order valence-electron chi connectivity index (χ2n) is 6.17. The highest BCUT2D eigenvalue weighted by Crippen LogP contribution is 2.32. The molecule has 23 heavy (non-hydrogen) atoms. The smallest absolute Gasteiger partial charge is 0.253 e. The zero-order valence-electron chi connectivity index (χ0n) is 13.4. The Balaban J connectivity index is 1.76. The molecule has 3 rings (SSSR count). The van der Waals surface area contributed by atoms with E-state index in [4.69, 9.17) is 0 Å². The van der Waals surface area contributed by atoms with Crippen LogP contribution in [0.2, 0.25) is 0 Å². The van der Waals surface area contributed by atoms with Crippen LogP contribution in [0.25, 0.3) is 0 Å². The largest absolute Gasteiger partial charge is 0.338 e. The van der Waals surface area contributed by atoms with Gasteiger partial charge in [0.1, 0.15) is 0 Å². The van der Waals surface area contributed by atoms with Crippen molar-refractivity contribution >= 4 is 29.3 Å². The zero-order valence-corrected chi connectivity index (χ0v) is 14.2. The molecule has 2 amide bonds. The van der Waals surface area contributed by atoms with E-state index >= 15 is 0 Å². The molecule has 0 saturated carbocycles. The molecule has 6 heteroatoms. The number of carbonyl (C=O) groups is 2. The van der Waals surface area contributed by atoms with E-state index < -0.39 is 0 Å². The fourth-order valence-electron chi connectivity index (χ4n) is 3.24. The number of thioether (sulfide) groups is 1. The molecule has 0 bridgehead atoms. The van der Waals surface area contributed by atoms with Crippen molar-refractivity contribution < 1.29 is 9.59 Å². The van der Waals surface area contributed by atoms with Crippen LogP contribution < -0.4 is 10.6 Å². The first-order valence-electron chi connectivity index (χ1n) is 8.18. The fourth-order valence-corrected chi connectivity index (χ4v) is 4.18. The van der Waals surface area contributed by atoms with Crippen LogP contribution in [-0.4, -0.2) is 49.1 Å². The Morgan fingerprint density at radius 2 is 2.35 bits per heavy atom. The van der Waals surface area contributed by atoms with Crippen molar-refractivity contribution in [2.45, 2.75) is 24.2 Å². The molecule has 1 aromatic carbocycles. The van der Waals surface area contributed by atoms with E-state index in [1.807, 2.05) is 30.1 Å². The summed E-state index contributed by atoms with van der Waals surface area (Å²) in [4.78, 5) is 27.5. The minimum absolute atomic E-state index is 0.0212. The van der Waals surface area contributed by atoms with Gasteiger partial charge in [0, 0.05) is 35.7 Å². The maximum Gasteiger partial charge on any atom is 0.253 e. The maximum absolute atomic E-state index is 12.8. The summed E-state index contributed by atoms with van der Waals surface area (Å²) >= 11 is 1.66. The van der Waals surface area contributed by atoms with Gasteiger partial charge in [-0.25, -0.2) is 0 Å². The average Bonchev–Trinajstić information content (AvgIpc) is 2.74. The lowest BCUT2D eigenvalue weighted by molar-refractivity contribution is -0.115. The van der Waals surface area contributed by atoms with Gasteiger partial charge in [-0.2, -0.15) is 0 Å². The molecule has 1 saturated heterocycles. The standard InChI is InChI=1S/C17H23N3O2S/c1-18-10-12-3-2-7-20(11-12)17(22)13-4-5-15-14(9-13)19-16(21)6-8-23-15/h4-5,9,12,18H,2-3,6-8,10-11H2,1H3,(H,19,21). The number of benzene rings is 1. The van der Waals surface area contributed by atoms with Crippen LogP contribution in [0.1, 0.15) is 29.6 Å². The zero-order chi connectivity index (χ0) is 16.2. The number of hydrogen-bond acceptors (Lipinski definition) is 4. The molecule has 0 spiro atoms. The molecular formula is C17H23N3O2S. The fraction of sp³-hybridized carbons (Fsp3) is 0.529. The number of nitrogens with zero attached hydrogens (tertiary/aromatic N) is 1. The molecule has 5 nitrogen and oxygen atoms in total. The van der Waals surface area contributed by atoms with E-state index in [-0.39, 0.29) is 11.8 Å². The molecule has 2 aliphatic rings. The van der Waals surface area contributed by atoms with Gasteiger partial charge >= 0.3 is 0 Å². The number of fused-ring (bicyclic) bond motifs is 1. The number of carbonyl (C=O) groups excluding carboxylic acids is 2. The van der Waals surface area contributed by atoms with E-state index in [2.05, 4.69) is 10.6 Å². The van der Waals surface area contributed by atoms with Crippen LogP contribution >= 0.6 is 11.8 Å². The first-order chi connectivity index (χ1) is 11.2. The lowest BCUT2D eigenvalue weighted by Gasteiger charge is -2.33. The number of piperidine rings is 1. The quantitative estimate of drug-likeness (QED) is 0.890. The maximum atomic E-state index is 12.8. The Morgan fingerprint density at radius 3 is 3.17 bits per heavy atom. The number of amides is 2. The third-order valence-corrected chi connectivity index (χ3v) is 5.46. The van der Waals surface area contributed by atoms with E-state index in [1.165, 1.54) is 6.42 Å². The number of hydrogen-bond donors (Lipinski definition) is 2. The van der Waals surface area contributed by atoms with Gasteiger partial charge in [-0.1, -0.05) is 0 Å². The Bertz CT molecular complexity index is 604. The second kappa shape index (κ2) is 7.36. The van der Waals surface area contributed by atoms with Crippen LogP contribution in [0.15, 0.2) is 23.1 Å². The predicted octanol–water partition coefficient (Wildman–Crippen LogP) is 2.19. The topological polar surface area (TPSA) is 61.4 Å². The third kappa shape index (κ3) is 3.87. The van der Waals surface area contributed by atoms with Gasteiger partial charge in [0.25, 0.3) is 5.91 Å². The molecule has 1 aromatic rings. The third-order valence-electron chi connectivity index (χ3n) is 4.39. The van der Waals surface area contributed by atoms with Crippen LogP contribution in [-0.2, 0) is 4.79 Å². The van der Waals surface area contributed by atoms with E-state index in [0.717, 1.165) is 42.4 Å². The molecule has 1 fully saturated rings. The summed E-state index contributed by atoms with van der Waals surface area (Å²) in [6.07, 6.45) is 2.73. The lowest BCUT2D eigenvalue weighted by atomic mass is 9.97. The Labute approximate surface area is 141 Å². The van der Waals surface area contributed by atoms with Crippen molar-refractivity contribution in [3.05, 3.63) is 23.8 Å². The van der Waals surface area contributed by atoms with E-state index in [9.17, 15) is 9.59 Å². The first kappa shape index (κ1) is 16.3. The molecular weight excluding hydrogens is 310 g/mol. The molecule has 2 N–H and O–H groups in total. The highest BCUT2D eigenvalue weighted by Gasteiger charge is 2.25. The van der Waals surface area contributed by atoms with Gasteiger partial charge in [-0.3, -0.25) is 9.59 Å². The van der Waals surface area contributed by atoms with Gasteiger partial charge < -0.3 is 15.5 Å². The Kier molecular flexibility index (Phi) is 5.23. The van der Waals surface area contributed by atoms with Crippen molar-refractivity contribution in [1.82, 2.24) is 10.2 Å². The summed E-state index contributed by atoms with van der Waals surface area (Å²) in [5.74, 6) is 1.39. The van der Waals surface area contributed by atoms with Crippen LogP contribution in [0.3, 0.4) is 0 Å². The van der Waals surface area contributed by atoms with E-state index in [1.54, 1.807) is 11.8 Å². The summed E-state index contributed by atoms with van der Waals surface area (Å²) in [6, 6.07) is 5.66. The minimum Gasteiger partial charge on any atom is -0.338 e. The molecule has 2 aliphatic heterocycles. The number of nitrogens with one attached hydrogen (secondary N) is 2. The number of rotatable bonds is 3. The number of likely N-dealkylation sites (tertiary alicyclic amines) is 1. The predicted molar refractivity (Wildman–Crippen MR) is 93.0 cm³/mol. The van der Waals surface area contributed by atoms with Crippen LogP contribution in [0.5, 0.6) is 0 Å². The summed E-state index contributed by atoms with van der Waals surface area (Å²) in [5, 5.41) is 6.11. The monoisotopic (exact) mass is 333 g/mol. The average molecular weight is 333 g/mol. The Morgan fingerprint density at radius 1 is 1.48 bits per heavy atom. The summed E-state index contributed by atoms with van der Waals surface area (Å²) in [7, 11) is 1.95. The van der Waals surface area contributed by atoms with E-state index in [0.29, 0.717) is 17.9 Å². The number of anilines is 1. The van der Waals surface area contributed by atoms with Crippen molar-refractivity contribution in [1.29, 1.82) is 0 Å². The second-order valence-corrected chi connectivity index (χ2v) is 7.31. The van der Waals surface area contributed by atoms with Crippen molar-refractivity contribution in [3.8, 4) is 0 Å². The molecule has 2 heterocycles. The van der Waals surface area contributed by atoms with Crippen molar-refractivity contribution in [2.24, 2.45) is 5.92 Å². The van der Waals surface area contributed by atoms with Gasteiger partial charge in [0.2, 0.25) is 5.91 Å². The van der Waals surface area contributed by atoms with Gasteiger partial charge in [0.05, 0.1) is 5.69 Å². The highest BCUT2D eigenvalue weighted by atomic mass is 32.2. The SMILES string of the molecule is CNCC1CCCN(C(=O)c2ccc3c(c2)NC(=O)CCS3)C1. The summed E-state index contributed by atoms with van der Waals surface area (Å²) < 4.78 is 0. The van der Waals surface area contributed by atoms with Gasteiger partial charge in [-0.15, -0.1) is 11.8 Å².